The number of fused-ring (bicyclic) bond motifs is 2. The van der Waals surface area contributed by atoms with Crippen LogP contribution in [0.15, 0.2) is 36.4 Å². The van der Waals surface area contributed by atoms with E-state index in [1.54, 1.807) is 11.0 Å². The molecule has 0 saturated heterocycles. The number of hydrogen-bond acceptors (Lipinski definition) is 7. The smallest absolute Gasteiger partial charge is 0.415 e. The number of rotatable bonds is 7. The summed E-state index contributed by atoms with van der Waals surface area (Å²) < 4.78 is 11.2. The minimum Gasteiger partial charge on any atom is -0.506 e. The Morgan fingerprint density at radius 2 is 1.94 bits per heavy atom. The van der Waals surface area contributed by atoms with Gasteiger partial charge < -0.3 is 30.3 Å². The molecule has 1 atom stereocenters. The molecule has 0 spiro atoms. The second-order valence-electron chi connectivity index (χ2n) is 9.69. The number of phenolic OH excluding ortho intramolecular Hbond substituents is 1. The number of nitrogens with one attached hydrogen (secondary N) is 2. The Morgan fingerprint density at radius 1 is 1.18 bits per heavy atom. The van der Waals surface area contributed by atoms with E-state index in [2.05, 4.69) is 10.6 Å². The van der Waals surface area contributed by atoms with Crippen molar-refractivity contribution in [3.05, 3.63) is 47.5 Å². The van der Waals surface area contributed by atoms with Gasteiger partial charge in [0.25, 0.3) is 5.91 Å². The van der Waals surface area contributed by atoms with Crippen molar-refractivity contribution < 1.29 is 29.3 Å². The lowest BCUT2D eigenvalue weighted by atomic mass is 9.94. The maximum absolute atomic E-state index is 12.7. The lowest BCUT2D eigenvalue weighted by molar-refractivity contribution is -0.118. The van der Waals surface area contributed by atoms with Gasteiger partial charge in [-0.15, -0.1) is 0 Å². The van der Waals surface area contributed by atoms with Crippen LogP contribution in [0.2, 0.25) is 0 Å². The van der Waals surface area contributed by atoms with E-state index in [4.69, 9.17) is 9.47 Å². The molecule has 2 aromatic carbocycles. The fourth-order valence-electron chi connectivity index (χ4n) is 4.71. The predicted octanol–water partition coefficient (Wildman–Crippen LogP) is 3.16. The van der Waals surface area contributed by atoms with Gasteiger partial charge in [0.05, 0.1) is 11.8 Å². The van der Waals surface area contributed by atoms with Gasteiger partial charge in [0.2, 0.25) is 0 Å². The highest BCUT2D eigenvalue weighted by Gasteiger charge is 2.44. The van der Waals surface area contributed by atoms with Crippen LogP contribution in [0.5, 0.6) is 11.5 Å². The third kappa shape index (κ3) is 4.05. The van der Waals surface area contributed by atoms with Gasteiger partial charge in [-0.3, -0.25) is 9.69 Å². The summed E-state index contributed by atoms with van der Waals surface area (Å²) in [7, 11) is 0. The van der Waals surface area contributed by atoms with Crippen LogP contribution in [0.25, 0.3) is 0 Å². The lowest BCUT2D eigenvalue weighted by Gasteiger charge is -2.39. The van der Waals surface area contributed by atoms with Crippen molar-refractivity contribution in [1.29, 1.82) is 0 Å². The lowest BCUT2D eigenvalue weighted by Crippen LogP contribution is -2.46. The number of phenols is 1. The highest BCUT2D eigenvalue weighted by Crippen LogP contribution is 2.44. The summed E-state index contributed by atoms with van der Waals surface area (Å²) in [6.07, 6.45) is 1.34. The molecule has 1 unspecified atom stereocenters. The number of carbonyl (C=O) groups excluding carboxylic acids is 2. The number of benzene rings is 2. The number of cyclic esters (lactones) is 1. The minimum atomic E-state index is -0.900. The minimum absolute atomic E-state index is 0.109. The van der Waals surface area contributed by atoms with Crippen LogP contribution < -0.4 is 20.3 Å². The van der Waals surface area contributed by atoms with Gasteiger partial charge in [-0.25, -0.2) is 4.79 Å². The van der Waals surface area contributed by atoms with Gasteiger partial charge in [-0.1, -0.05) is 18.2 Å². The molecule has 9 nitrogen and oxygen atoms in total. The SMILES string of the molecule is CC1(C)OC(=O)N(CCC2(NCC(O)c3ccc(O)c4c3OCC(=O)N4)CC2)c2ccccc21. The highest BCUT2D eigenvalue weighted by molar-refractivity contribution is 5.97. The fraction of sp³-hybridized carbons (Fsp3) is 0.440. The molecule has 0 bridgehead atoms. The number of aromatic hydroxyl groups is 1. The molecule has 1 aliphatic carbocycles. The number of aliphatic hydroxyl groups is 1. The van der Waals surface area contributed by atoms with Crippen LogP contribution >= 0.6 is 0 Å². The van der Waals surface area contributed by atoms with E-state index in [0.29, 0.717) is 18.5 Å². The molecule has 0 radical (unpaired) electrons. The summed E-state index contributed by atoms with van der Waals surface area (Å²) in [5.74, 6) is -0.178. The topological polar surface area (TPSA) is 120 Å². The molecule has 2 amide bonds. The van der Waals surface area contributed by atoms with E-state index < -0.39 is 11.7 Å². The summed E-state index contributed by atoms with van der Waals surface area (Å²) in [6, 6.07) is 10.8. The summed E-state index contributed by atoms with van der Waals surface area (Å²) in [5, 5.41) is 26.9. The molecule has 1 fully saturated rings. The molecule has 180 valence electrons. The van der Waals surface area contributed by atoms with Crippen molar-refractivity contribution in [2.24, 2.45) is 0 Å². The maximum atomic E-state index is 12.7. The molecule has 2 aliphatic heterocycles. The number of aliphatic hydroxyl groups excluding tert-OH is 1. The molecule has 5 rings (SSSR count). The van der Waals surface area contributed by atoms with E-state index in [1.807, 2.05) is 38.1 Å². The first-order valence-electron chi connectivity index (χ1n) is 11.5. The van der Waals surface area contributed by atoms with Gasteiger partial charge in [0.15, 0.2) is 12.4 Å². The first-order valence-corrected chi connectivity index (χ1v) is 11.5. The van der Waals surface area contributed by atoms with E-state index in [9.17, 15) is 19.8 Å². The van der Waals surface area contributed by atoms with Gasteiger partial charge in [-0.2, -0.15) is 0 Å². The molecule has 2 heterocycles. The molecular formula is C25H29N3O6. The van der Waals surface area contributed by atoms with Crippen LogP contribution in [0.1, 0.15) is 50.3 Å². The van der Waals surface area contributed by atoms with Gasteiger partial charge in [0.1, 0.15) is 17.0 Å². The standard InChI is InChI=1S/C25H29N3O6/c1-24(2)16-5-3-4-6-17(16)28(23(32)34-24)12-11-25(9-10-25)26-13-19(30)15-7-8-18(29)21-22(15)33-14-20(31)27-21/h3-8,19,26,29-30H,9-14H2,1-2H3,(H,27,31). The van der Waals surface area contributed by atoms with E-state index >= 15 is 0 Å². The Hall–Kier alpha value is -3.30. The van der Waals surface area contributed by atoms with Crippen molar-refractivity contribution in [2.45, 2.75) is 50.4 Å². The number of carbonyl (C=O) groups is 2. The molecule has 9 heteroatoms. The number of para-hydroxylation sites is 1. The zero-order chi connectivity index (χ0) is 24.1. The summed E-state index contributed by atoms with van der Waals surface area (Å²) in [4.78, 5) is 26.0. The fourth-order valence-corrected chi connectivity index (χ4v) is 4.71. The van der Waals surface area contributed by atoms with Gasteiger partial charge >= 0.3 is 6.09 Å². The zero-order valence-electron chi connectivity index (χ0n) is 19.3. The summed E-state index contributed by atoms with van der Waals surface area (Å²) in [5.41, 5.74) is 1.68. The second kappa shape index (κ2) is 8.18. The van der Waals surface area contributed by atoms with Crippen LogP contribution in [0.3, 0.4) is 0 Å². The number of β-amino-alcohol motifs (C(OH)–C–C–N with tert-alkyl or cyclic N) is 1. The predicted molar refractivity (Wildman–Crippen MR) is 125 cm³/mol. The third-order valence-electron chi connectivity index (χ3n) is 6.88. The quantitative estimate of drug-likeness (QED) is 0.462. The number of hydrogen-bond donors (Lipinski definition) is 4. The van der Waals surface area contributed by atoms with Crippen LogP contribution in [-0.2, 0) is 15.1 Å². The first-order chi connectivity index (χ1) is 16.2. The Kier molecular flexibility index (Phi) is 5.41. The summed E-state index contributed by atoms with van der Waals surface area (Å²) in [6.45, 7) is 4.38. The van der Waals surface area contributed by atoms with E-state index in [1.165, 1.54) is 6.07 Å². The number of nitrogens with zero attached hydrogens (tertiary/aromatic N) is 1. The molecule has 0 aromatic heterocycles. The Bertz CT molecular complexity index is 1140. The third-order valence-corrected chi connectivity index (χ3v) is 6.88. The van der Waals surface area contributed by atoms with Gasteiger partial charge in [-0.05, 0) is 51.3 Å². The van der Waals surface area contributed by atoms with Crippen molar-refractivity contribution in [2.75, 3.05) is 29.9 Å². The number of amides is 2. The van der Waals surface area contributed by atoms with Gasteiger partial charge in [0, 0.05) is 29.8 Å². The average Bonchev–Trinajstić information content (AvgIpc) is 3.58. The Balaban J connectivity index is 1.25. The average molecular weight is 468 g/mol. The Labute approximate surface area is 197 Å². The molecule has 4 N–H and O–H groups in total. The molecule has 1 saturated carbocycles. The van der Waals surface area contributed by atoms with Crippen LogP contribution in [0.4, 0.5) is 16.2 Å². The van der Waals surface area contributed by atoms with Crippen molar-refractivity contribution in [3.8, 4) is 11.5 Å². The van der Waals surface area contributed by atoms with Crippen molar-refractivity contribution in [3.63, 3.8) is 0 Å². The molecule has 2 aromatic rings. The maximum Gasteiger partial charge on any atom is 0.415 e. The Morgan fingerprint density at radius 3 is 2.71 bits per heavy atom. The molecule has 3 aliphatic rings. The number of anilines is 2. The second-order valence-corrected chi connectivity index (χ2v) is 9.69. The van der Waals surface area contributed by atoms with Crippen molar-refractivity contribution in [1.82, 2.24) is 5.32 Å². The number of ether oxygens (including phenoxy) is 2. The van der Waals surface area contributed by atoms with Crippen LogP contribution in [0, 0.1) is 0 Å². The highest BCUT2D eigenvalue weighted by atomic mass is 16.6. The largest absolute Gasteiger partial charge is 0.506 e. The summed E-state index contributed by atoms with van der Waals surface area (Å²) >= 11 is 0. The van der Waals surface area contributed by atoms with Crippen molar-refractivity contribution >= 4 is 23.4 Å². The normalized spacial score (nSPS) is 20.4. The van der Waals surface area contributed by atoms with E-state index in [-0.39, 0.29) is 47.9 Å². The zero-order valence-corrected chi connectivity index (χ0v) is 19.3. The first kappa shape index (κ1) is 22.5. The molecule has 34 heavy (non-hydrogen) atoms. The van der Waals surface area contributed by atoms with Crippen LogP contribution in [-0.4, -0.2) is 47.4 Å². The monoisotopic (exact) mass is 467 g/mol. The van der Waals surface area contributed by atoms with E-state index in [0.717, 1.165) is 24.1 Å². The molecular weight excluding hydrogens is 438 g/mol.